The molecular weight excluding hydrogens is 271 g/mol. The molecule has 1 atom stereocenters. The van der Waals surface area contributed by atoms with E-state index in [1.807, 2.05) is 0 Å². The number of anilines is 1. The number of hydrogen-bond acceptors (Lipinski definition) is 3. The Hall–Kier alpha value is -0.980. The molecule has 0 amide bonds. The van der Waals surface area contributed by atoms with E-state index in [9.17, 15) is 18.3 Å². The number of hydrogen-bond donors (Lipinski definition) is 3. The van der Waals surface area contributed by atoms with E-state index in [4.69, 9.17) is 16.7 Å². The van der Waals surface area contributed by atoms with Crippen LogP contribution in [-0.2, 0) is 12.8 Å². The van der Waals surface area contributed by atoms with Gasteiger partial charge in [0.2, 0.25) is 0 Å². The van der Waals surface area contributed by atoms with E-state index in [1.165, 1.54) is 12.1 Å². The molecule has 0 spiro atoms. The highest BCUT2D eigenvalue weighted by Crippen LogP contribution is 2.35. The summed E-state index contributed by atoms with van der Waals surface area (Å²) in [5.41, 5.74) is -1.00. The summed E-state index contributed by atoms with van der Waals surface area (Å²) < 4.78 is 38.0. The Labute approximate surface area is 107 Å². The second kappa shape index (κ2) is 6.26. The zero-order chi connectivity index (χ0) is 13.8. The predicted octanol–water partition coefficient (Wildman–Crippen LogP) is 2.21. The molecule has 0 fully saturated rings. The maximum Gasteiger partial charge on any atom is 0.416 e. The van der Waals surface area contributed by atoms with Crippen molar-refractivity contribution in [3.05, 3.63) is 29.3 Å². The van der Waals surface area contributed by atoms with Crippen molar-refractivity contribution in [2.75, 3.05) is 17.7 Å². The first-order valence-electron chi connectivity index (χ1n) is 5.18. The molecule has 3 N–H and O–H groups in total. The lowest BCUT2D eigenvalue weighted by Crippen LogP contribution is -2.22. The van der Waals surface area contributed by atoms with Crippen LogP contribution in [0.3, 0.4) is 0 Å². The maximum absolute atomic E-state index is 12.7. The minimum atomic E-state index is -4.53. The van der Waals surface area contributed by atoms with Gasteiger partial charge in [-0.2, -0.15) is 13.2 Å². The summed E-state index contributed by atoms with van der Waals surface area (Å²) in [4.78, 5) is 0. The van der Waals surface area contributed by atoms with Gasteiger partial charge in [0.05, 0.1) is 24.2 Å². The van der Waals surface area contributed by atoms with Gasteiger partial charge in [0.25, 0.3) is 0 Å². The SMILES string of the molecule is OCc1c(NCC(O)CCl)cccc1C(F)(F)F. The molecule has 0 saturated heterocycles. The highest BCUT2D eigenvalue weighted by Gasteiger charge is 2.33. The van der Waals surface area contributed by atoms with E-state index < -0.39 is 24.5 Å². The monoisotopic (exact) mass is 283 g/mol. The van der Waals surface area contributed by atoms with Crippen LogP contribution >= 0.6 is 11.6 Å². The molecule has 1 aromatic rings. The molecule has 0 aliphatic rings. The van der Waals surface area contributed by atoms with E-state index in [1.54, 1.807) is 0 Å². The predicted molar refractivity (Wildman–Crippen MR) is 62.6 cm³/mol. The first-order valence-corrected chi connectivity index (χ1v) is 5.71. The summed E-state index contributed by atoms with van der Waals surface area (Å²) in [6.07, 6.45) is -5.39. The highest BCUT2D eigenvalue weighted by molar-refractivity contribution is 6.18. The van der Waals surface area contributed by atoms with Crippen molar-refractivity contribution in [3.8, 4) is 0 Å². The van der Waals surface area contributed by atoms with Gasteiger partial charge in [-0.3, -0.25) is 0 Å². The molecule has 0 heterocycles. The van der Waals surface area contributed by atoms with Crippen LogP contribution in [0.5, 0.6) is 0 Å². The van der Waals surface area contributed by atoms with Gasteiger partial charge in [0.15, 0.2) is 0 Å². The first kappa shape index (κ1) is 15.1. The van der Waals surface area contributed by atoms with E-state index in [0.717, 1.165) is 6.07 Å². The van der Waals surface area contributed by atoms with Crippen LogP contribution in [0.25, 0.3) is 0 Å². The fourth-order valence-corrected chi connectivity index (χ4v) is 1.58. The standard InChI is InChI=1S/C11H13ClF3NO2/c12-4-7(18)5-16-10-3-1-2-9(8(10)6-17)11(13,14)15/h1-3,7,16-18H,4-6H2. The molecule has 1 rings (SSSR count). The molecule has 0 aliphatic carbocycles. The summed E-state index contributed by atoms with van der Waals surface area (Å²) in [5.74, 6) is -0.0274. The van der Waals surface area contributed by atoms with Gasteiger partial charge >= 0.3 is 6.18 Å². The molecule has 0 bridgehead atoms. The summed E-state index contributed by atoms with van der Waals surface area (Å²) >= 11 is 5.38. The first-order chi connectivity index (χ1) is 8.40. The second-order valence-electron chi connectivity index (χ2n) is 3.68. The lowest BCUT2D eigenvalue weighted by atomic mass is 10.1. The number of nitrogens with one attached hydrogen (secondary N) is 1. The largest absolute Gasteiger partial charge is 0.416 e. The molecule has 3 nitrogen and oxygen atoms in total. The van der Waals surface area contributed by atoms with Crippen molar-refractivity contribution in [3.63, 3.8) is 0 Å². The van der Waals surface area contributed by atoms with Crippen LogP contribution in [0.1, 0.15) is 11.1 Å². The van der Waals surface area contributed by atoms with Crippen LogP contribution < -0.4 is 5.32 Å². The van der Waals surface area contributed by atoms with E-state index >= 15 is 0 Å². The fourth-order valence-electron chi connectivity index (χ4n) is 1.47. The van der Waals surface area contributed by atoms with Crippen molar-refractivity contribution >= 4 is 17.3 Å². The molecule has 0 aliphatic heterocycles. The van der Waals surface area contributed by atoms with Gasteiger partial charge in [0, 0.05) is 17.8 Å². The Bertz CT molecular complexity index is 398. The number of benzene rings is 1. The topological polar surface area (TPSA) is 52.5 Å². The number of aliphatic hydroxyl groups is 2. The van der Waals surface area contributed by atoms with Crippen LogP contribution in [0, 0.1) is 0 Å². The molecule has 0 aromatic heterocycles. The number of rotatable bonds is 5. The third-order valence-electron chi connectivity index (χ3n) is 2.35. The number of aliphatic hydroxyl groups excluding tert-OH is 2. The summed E-state index contributed by atoms with van der Waals surface area (Å²) in [6.45, 7) is -0.729. The zero-order valence-electron chi connectivity index (χ0n) is 9.34. The third-order valence-corrected chi connectivity index (χ3v) is 2.70. The van der Waals surface area contributed by atoms with Crippen LogP contribution in [-0.4, -0.2) is 28.7 Å². The Kier molecular flexibility index (Phi) is 5.25. The fraction of sp³-hybridized carbons (Fsp3) is 0.455. The molecule has 7 heteroatoms. The van der Waals surface area contributed by atoms with E-state index in [-0.39, 0.29) is 23.7 Å². The minimum Gasteiger partial charge on any atom is -0.392 e. The van der Waals surface area contributed by atoms with E-state index in [2.05, 4.69) is 5.32 Å². The molecule has 102 valence electrons. The molecular formula is C11H13ClF3NO2. The average molecular weight is 284 g/mol. The van der Waals surface area contributed by atoms with Crippen molar-refractivity contribution in [1.29, 1.82) is 0 Å². The quantitative estimate of drug-likeness (QED) is 0.726. The lowest BCUT2D eigenvalue weighted by Gasteiger charge is -2.17. The smallest absolute Gasteiger partial charge is 0.392 e. The zero-order valence-corrected chi connectivity index (χ0v) is 10.1. The van der Waals surface area contributed by atoms with Crippen LogP contribution in [0.2, 0.25) is 0 Å². The Morgan fingerprint density at radius 1 is 1.33 bits per heavy atom. The minimum absolute atomic E-state index is 0.0117. The van der Waals surface area contributed by atoms with Crippen molar-refractivity contribution < 1.29 is 23.4 Å². The van der Waals surface area contributed by atoms with Crippen molar-refractivity contribution in [2.45, 2.75) is 18.9 Å². The molecule has 18 heavy (non-hydrogen) atoms. The lowest BCUT2D eigenvalue weighted by molar-refractivity contribution is -0.138. The van der Waals surface area contributed by atoms with Crippen LogP contribution in [0.4, 0.5) is 18.9 Å². The van der Waals surface area contributed by atoms with Gasteiger partial charge in [-0.15, -0.1) is 11.6 Å². The third kappa shape index (κ3) is 3.76. The van der Waals surface area contributed by atoms with Gasteiger partial charge in [-0.05, 0) is 12.1 Å². The maximum atomic E-state index is 12.7. The van der Waals surface area contributed by atoms with Gasteiger partial charge in [-0.25, -0.2) is 0 Å². The van der Waals surface area contributed by atoms with Gasteiger partial charge < -0.3 is 15.5 Å². The molecule has 0 radical (unpaired) electrons. The summed E-state index contributed by atoms with van der Waals surface area (Å²) in [6, 6.07) is 3.54. The summed E-state index contributed by atoms with van der Waals surface area (Å²) in [7, 11) is 0. The van der Waals surface area contributed by atoms with Crippen LogP contribution in [0.15, 0.2) is 18.2 Å². The Morgan fingerprint density at radius 2 is 2.00 bits per heavy atom. The van der Waals surface area contributed by atoms with Gasteiger partial charge in [0.1, 0.15) is 0 Å². The Morgan fingerprint density at radius 3 is 2.50 bits per heavy atom. The molecule has 1 unspecified atom stereocenters. The highest BCUT2D eigenvalue weighted by atomic mass is 35.5. The molecule has 1 aromatic carbocycles. The summed E-state index contributed by atoms with van der Waals surface area (Å²) in [5, 5.41) is 20.9. The number of alkyl halides is 4. The van der Waals surface area contributed by atoms with Crippen molar-refractivity contribution in [1.82, 2.24) is 0 Å². The normalized spacial score (nSPS) is 13.4. The molecule has 0 saturated carbocycles. The van der Waals surface area contributed by atoms with Gasteiger partial charge in [-0.1, -0.05) is 6.07 Å². The average Bonchev–Trinajstić information content (AvgIpc) is 2.34. The Balaban J connectivity index is 2.98. The number of halogens is 4. The van der Waals surface area contributed by atoms with E-state index in [0.29, 0.717) is 0 Å². The van der Waals surface area contributed by atoms with Crippen molar-refractivity contribution in [2.24, 2.45) is 0 Å². The second-order valence-corrected chi connectivity index (χ2v) is 3.99.